The third kappa shape index (κ3) is 4.62. The minimum Gasteiger partial charge on any atom is -0.338 e. The van der Waals surface area contributed by atoms with Crippen molar-refractivity contribution in [2.75, 3.05) is 18.9 Å². The van der Waals surface area contributed by atoms with Crippen LogP contribution in [0, 0.1) is 6.92 Å². The number of rotatable bonds is 6. The first-order valence-corrected chi connectivity index (χ1v) is 8.28. The third-order valence-electron chi connectivity index (χ3n) is 3.67. The molecule has 1 aromatic carbocycles. The zero-order valence-electron chi connectivity index (χ0n) is 13.8. The molecular formula is C16H21BrN4O2. The Morgan fingerprint density at radius 2 is 2.22 bits per heavy atom. The quantitative estimate of drug-likeness (QED) is 0.831. The van der Waals surface area contributed by atoms with Crippen LogP contribution >= 0.6 is 15.9 Å². The molecule has 1 aromatic heterocycles. The van der Waals surface area contributed by atoms with Crippen LogP contribution in [0.5, 0.6) is 0 Å². The van der Waals surface area contributed by atoms with Crippen LogP contribution in [0.2, 0.25) is 0 Å². The van der Waals surface area contributed by atoms with Crippen LogP contribution < -0.4 is 5.32 Å². The highest BCUT2D eigenvalue weighted by atomic mass is 79.9. The number of aryl methyl sites for hydroxylation is 2. The first kappa shape index (κ1) is 17.6. The Labute approximate surface area is 144 Å². The van der Waals surface area contributed by atoms with Crippen molar-refractivity contribution in [2.45, 2.75) is 33.2 Å². The Kier molecular flexibility index (Phi) is 5.90. The standard InChI is InChI=1S/C16H21BrN4O2/c1-5-14-19-16(23-20-14)11(3)21(4)9-15(22)18-13-7-6-12(17)8-10(13)2/h6-8,11H,5,9H2,1-4H3,(H,18,22). The number of benzene rings is 1. The molecule has 7 heteroatoms. The molecule has 1 atom stereocenters. The summed E-state index contributed by atoms with van der Waals surface area (Å²) in [4.78, 5) is 18.4. The highest BCUT2D eigenvalue weighted by molar-refractivity contribution is 9.10. The summed E-state index contributed by atoms with van der Waals surface area (Å²) in [6, 6.07) is 5.62. The van der Waals surface area contributed by atoms with Crippen molar-refractivity contribution >= 4 is 27.5 Å². The van der Waals surface area contributed by atoms with Gasteiger partial charge in [-0.25, -0.2) is 0 Å². The number of nitrogens with zero attached hydrogens (tertiary/aromatic N) is 3. The molecule has 0 spiro atoms. The van der Waals surface area contributed by atoms with Crippen LogP contribution in [-0.4, -0.2) is 34.5 Å². The summed E-state index contributed by atoms with van der Waals surface area (Å²) in [6.07, 6.45) is 0.725. The second kappa shape index (κ2) is 7.70. The lowest BCUT2D eigenvalue weighted by Crippen LogP contribution is -2.32. The topological polar surface area (TPSA) is 71.3 Å². The van der Waals surface area contributed by atoms with Gasteiger partial charge in [0.15, 0.2) is 5.82 Å². The van der Waals surface area contributed by atoms with Crippen LogP contribution in [-0.2, 0) is 11.2 Å². The van der Waals surface area contributed by atoms with E-state index in [4.69, 9.17) is 4.52 Å². The van der Waals surface area contributed by atoms with Gasteiger partial charge in [0.25, 0.3) is 0 Å². The van der Waals surface area contributed by atoms with Gasteiger partial charge in [0.2, 0.25) is 11.8 Å². The van der Waals surface area contributed by atoms with Crippen molar-refractivity contribution in [1.82, 2.24) is 15.0 Å². The molecule has 0 aliphatic carbocycles. The number of carbonyl (C=O) groups is 1. The molecule has 0 radical (unpaired) electrons. The van der Waals surface area contributed by atoms with Crippen molar-refractivity contribution in [3.05, 3.63) is 40.0 Å². The highest BCUT2D eigenvalue weighted by Crippen LogP contribution is 2.21. The number of carbonyl (C=O) groups excluding carboxylic acids is 1. The van der Waals surface area contributed by atoms with E-state index in [1.165, 1.54) is 0 Å². The molecule has 0 saturated heterocycles. The van der Waals surface area contributed by atoms with Crippen LogP contribution in [0.15, 0.2) is 27.2 Å². The number of nitrogens with one attached hydrogen (secondary N) is 1. The third-order valence-corrected chi connectivity index (χ3v) is 4.17. The number of hydrogen-bond acceptors (Lipinski definition) is 5. The monoisotopic (exact) mass is 380 g/mol. The highest BCUT2D eigenvalue weighted by Gasteiger charge is 2.20. The average molecular weight is 381 g/mol. The van der Waals surface area contributed by atoms with Crippen LogP contribution in [0.3, 0.4) is 0 Å². The number of halogens is 1. The van der Waals surface area contributed by atoms with Gasteiger partial charge in [-0.15, -0.1) is 0 Å². The lowest BCUT2D eigenvalue weighted by Gasteiger charge is -2.21. The van der Waals surface area contributed by atoms with E-state index < -0.39 is 0 Å². The van der Waals surface area contributed by atoms with Gasteiger partial charge in [-0.05, 0) is 44.7 Å². The number of hydrogen-bond donors (Lipinski definition) is 1. The van der Waals surface area contributed by atoms with Gasteiger partial charge >= 0.3 is 0 Å². The summed E-state index contributed by atoms with van der Waals surface area (Å²) in [5.74, 6) is 1.12. The first-order chi connectivity index (χ1) is 10.9. The zero-order chi connectivity index (χ0) is 17.0. The van der Waals surface area contributed by atoms with Gasteiger partial charge in [-0.1, -0.05) is 28.0 Å². The van der Waals surface area contributed by atoms with Crippen molar-refractivity contribution in [2.24, 2.45) is 0 Å². The molecule has 0 saturated carbocycles. The normalized spacial score (nSPS) is 12.4. The van der Waals surface area contributed by atoms with Gasteiger partial charge in [0.05, 0.1) is 12.6 Å². The molecule has 23 heavy (non-hydrogen) atoms. The summed E-state index contributed by atoms with van der Waals surface area (Å²) in [7, 11) is 1.86. The van der Waals surface area contributed by atoms with Crippen molar-refractivity contribution in [3.8, 4) is 0 Å². The second-order valence-corrected chi connectivity index (χ2v) is 6.42. The van der Waals surface area contributed by atoms with E-state index in [9.17, 15) is 4.79 Å². The largest absolute Gasteiger partial charge is 0.338 e. The Balaban J connectivity index is 1.96. The predicted octanol–water partition coefficient (Wildman–Crippen LogP) is 3.33. The fraction of sp³-hybridized carbons (Fsp3) is 0.438. The summed E-state index contributed by atoms with van der Waals surface area (Å²) >= 11 is 3.41. The van der Waals surface area contributed by atoms with E-state index in [-0.39, 0.29) is 18.5 Å². The minimum atomic E-state index is -0.125. The van der Waals surface area contributed by atoms with Gasteiger partial charge in [0, 0.05) is 16.6 Å². The molecule has 1 heterocycles. The molecular weight excluding hydrogens is 360 g/mol. The van der Waals surface area contributed by atoms with E-state index in [1.54, 1.807) is 0 Å². The lowest BCUT2D eigenvalue weighted by molar-refractivity contribution is -0.117. The number of aromatic nitrogens is 2. The zero-order valence-corrected chi connectivity index (χ0v) is 15.3. The molecule has 0 aliphatic rings. The maximum absolute atomic E-state index is 12.2. The van der Waals surface area contributed by atoms with Gasteiger partial charge < -0.3 is 9.84 Å². The van der Waals surface area contributed by atoms with E-state index in [0.29, 0.717) is 11.7 Å². The molecule has 0 bridgehead atoms. The Bertz CT molecular complexity index is 686. The molecule has 1 amide bonds. The Morgan fingerprint density at radius 1 is 1.48 bits per heavy atom. The predicted molar refractivity (Wildman–Crippen MR) is 92.2 cm³/mol. The molecule has 2 rings (SSSR count). The van der Waals surface area contributed by atoms with Crippen LogP contribution in [0.4, 0.5) is 5.69 Å². The summed E-state index contributed by atoms with van der Waals surface area (Å²) in [6.45, 7) is 6.10. The molecule has 6 nitrogen and oxygen atoms in total. The summed E-state index contributed by atoms with van der Waals surface area (Å²) in [5, 5.41) is 6.81. The number of likely N-dealkylation sites (N-methyl/N-ethyl adjacent to an activating group) is 1. The SMILES string of the molecule is CCc1noc(C(C)N(C)CC(=O)Nc2ccc(Br)cc2C)n1. The van der Waals surface area contributed by atoms with Crippen LogP contribution in [0.25, 0.3) is 0 Å². The van der Waals surface area contributed by atoms with Gasteiger partial charge in [-0.2, -0.15) is 4.98 Å². The Morgan fingerprint density at radius 3 is 2.83 bits per heavy atom. The summed E-state index contributed by atoms with van der Waals surface area (Å²) < 4.78 is 6.22. The van der Waals surface area contributed by atoms with Crippen molar-refractivity contribution < 1.29 is 9.32 Å². The molecule has 2 aromatic rings. The molecule has 124 valence electrons. The van der Waals surface area contributed by atoms with E-state index in [0.717, 1.165) is 22.1 Å². The maximum atomic E-state index is 12.2. The second-order valence-electron chi connectivity index (χ2n) is 5.50. The molecule has 0 aliphatic heterocycles. The maximum Gasteiger partial charge on any atom is 0.243 e. The van der Waals surface area contributed by atoms with Gasteiger partial charge in [0.1, 0.15) is 0 Å². The fourth-order valence-electron chi connectivity index (χ4n) is 2.09. The van der Waals surface area contributed by atoms with Crippen LogP contribution in [0.1, 0.15) is 37.2 Å². The van der Waals surface area contributed by atoms with Crippen molar-refractivity contribution in [3.63, 3.8) is 0 Å². The van der Waals surface area contributed by atoms with Gasteiger partial charge in [-0.3, -0.25) is 9.69 Å². The lowest BCUT2D eigenvalue weighted by atomic mass is 10.2. The number of amides is 1. The smallest absolute Gasteiger partial charge is 0.243 e. The van der Waals surface area contributed by atoms with E-state index in [1.807, 2.05) is 50.9 Å². The average Bonchev–Trinajstić information content (AvgIpc) is 2.98. The fourth-order valence-corrected chi connectivity index (χ4v) is 2.57. The summed E-state index contributed by atoms with van der Waals surface area (Å²) in [5.41, 5.74) is 1.82. The first-order valence-electron chi connectivity index (χ1n) is 7.49. The molecule has 1 N–H and O–H groups in total. The molecule has 1 unspecified atom stereocenters. The van der Waals surface area contributed by atoms with Crippen molar-refractivity contribution in [1.29, 1.82) is 0 Å². The van der Waals surface area contributed by atoms with E-state index in [2.05, 4.69) is 31.4 Å². The minimum absolute atomic E-state index is 0.0833. The van der Waals surface area contributed by atoms with E-state index >= 15 is 0 Å². The molecule has 0 fully saturated rings. The Hall–Kier alpha value is -1.73. The number of anilines is 1.